The smallest absolute Gasteiger partial charge is 0.326 e. The second-order valence-corrected chi connectivity index (χ2v) is 4.14. The van der Waals surface area contributed by atoms with Crippen LogP contribution >= 0.6 is 11.6 Å². The lowest BCUT2D eigenvalue weighted by atomic mass is 10.1. The molecule has 0 spiro atoms. The summed E-state index contributed by atoms with van der Waals surface area (Å²) in [5.74, 6) is -1.51. The Bertz CT molecular complexity index is 442. The molecule has 5 nitrogen and oxygen atoms in total. The van der Waals surface area contributed by atoms with Crippen molar-refractivity contribution in [2.24, 2.45) is 0 Å². The summed E-state index contributed by atoms with van der Waals surface area (Å²) in [5, 5.41) is 9.15. The molecule has 0 aliphatic rings. The lowest BCUT2D eigenvalue weighted by Gasteiger charge is -2.21. The first-order valence-corrected chi connectivity index (χ1v) is 5.26. The minimum absolute atomic E-state index is 0.269. The van der Waals surface area contributed by atoms with Gasteiger partial charge in [-0.1, -0.05) is 11.6 Å². The van der Waals surface area contributed by atoms with Gasteiger partial charge in [0.1, 0.15) is 6.04 Å². The lowest BCUT2D eigenvalue weighted by Crippen LogP contribution is -2.40. The maximum Gasteiger partial charge on any atom is 0.326 e. The summed E-state index contributed by atoms with van der Waals surface area (Å²) in [6, 6.07) is 3.51. The van der Waals surface area contributed by atoms with Crippen LogP contribution in [0.3, 0.4) is 0 Å². The van der Waals surface area contributed by atoms with Crippen LogP contribution in [-0.2, 0) is 4.79 Å². The Hall–Kier alpha value is -1.75. The molecule has 0 saturated heterocycles. The predicted octanol–water partition coefficient (Wildman–Crippen LogP) is 1.47. The Morgan fingerprint density at radius 1 is 1.41 bits per heavy atom. The lowest BCUT2D eigenvalue weighted by molar-refractivity contribution is -0.141. The molecule has 0 fully saturated rings. The number of carboxylic acids is 1. The van der Waals surface area contributed by atoms with E-state index in [2.05, 4.69) is 0 Å². The molecule has 0 bridgehead atoms. The molecule has 0 aromatic heterocycles. The van der Waals surface area contributed by atoms with Crippen molar-refractivity contribution in [3.63, 3.8) is 0 Å². The van der Waals surface area contributed by atoms with Crippen molar-refractivity contribution in [2.75, 3.05) is 12.8 Å². The van der Waals surface area contributed by atoms with Crippen molar-refractivity contribution >= 4 is 29.2 Å². The minimum Gasteiger partial charge on any atom is -0.480 e. The summed E-state index contributed by atoms with van der Waals surface area (Å²) >= 11 is 5.77. The summed E-state index contributed by atoms with van der Waals surface area (Å²) in [5.41, 5.74) is 6.19. The van der Waals surface area contributed by atoms with E-state index in [1.54, 1.807) is 0 Å². The fourth-order valence-corrected chi connectivity index (χ4v) is 1.52. The number of anilines is 1. The van der Waals surface area contributed by atoms with Gasteiger partial charge in [-0.05, 0) is 25.1 Å². The largest absolute Gasteiger partial charge is 0.480 e. The SMILES string of the molecule is CC(C(=O)O)N(C)C(=O)c1cc(N)cc(Cl)c1. The molecule has 0 heterocycles. The number of likely N-dealkylation sites (N-methyl/N-ethyl adjacent to an activating group) is 1. The first kappa shape index (κ1) is 13.3. The molecule has 17 heavy (non-hydrogen) atoms. The Balaban J connectivity index is 3.00. The molecule has 1 aromatic rings. The molecule has 92 valence electrons. The van der Waals surface area contributed by atoms with E-state index in [4.69, 9.17) is 22.4 Å². The summed E-state index contributed by atoms with van der Waals surface area (Å²) in [6.07, 6.45) is 0. The molecule has 0 saturated carbocycles. The number of amides is 1. The zero-order valence-corrected chi connectivity index (χ0v) is 10.2. The van der Waals surface area contributed by atoms with Gasteiger partial charge >= 0.3 is 5.97 Å². The summed E-state index contributed by atoms with van der Waals surface area (Å²) in [4.78, 5) is 23.8. The fourth-order valence-electron chi connectivity index (χ4n) is 1.28. The number of benzene rings is 1. The van der Waals surface area contributed by atoms with Gasteiger partial charge in [0, 0.05) is 23.3 Å². The summed E-state index contributed by atoms with van der Waals surface area (Å²) < 4.78 is 0. The van der Waals surface area contributed by atoms with E-state index in [-0.39, 0.29) is 5.56 Å². The van der Waals surface area contributed by atoms with Gasteiger partial charge in [0.15, 0.2) is 0 Å². The van der Waals surface area contributed by atoms with Crippen LogP contribution in [0.5, 0.6) is 0 Å². The normalized spacial score (nSPS) is 11.9. The van der Waals surface area contributed by atoms with Crippen molar-refractivity contribution < 1.29 is 14.7 Å². The van der Waals surface area contributed by atoms with E-state index in [1.165, 1.54) is 32.2 Å². The van der Waals surface area contributed by atoms with Gasteiger partial charge in [-0.2, -0.15) is 0 Å². The number of nitrogen functional groups attached to an aromatic ring is 1. The molecule has 3 N–H and O–H groups in total. The second-order valence-electron chi connectivity index (χ2n) is 3.70. The van der Waals surface area contributed by atoms with Gasteiger partial charge in [0.2, 0.25) is 0 Å². The third-order valence-corrected chi connectivity index (χ3v) is 2.64. The molecule has 0 aliphatic heterocycles. The molecule has 1 amide bonds. The van der Waals surface area contributed by atoms with Crippen molar-refractivity contribution in [3.8, 4) is 0 Å². The van der Waals surface area contributed by atoms with Gasteiger partial charge < -0.3 is 15.7 Å². The van der Waals surface area contributed by atoms with E-state index >= 15 is 0 Å². The van der Waals surface area contributed by atoms with Crippen LogP contribution in [0.25, 0.3) is 0 Å². The third kappa shape index (κ3) is 3.10. The number of carbonyl (C=O) groups is 2. The third-order valence-electron chi connectivity index (χ3n) is 2.43. The van der Waals surface area contributed by atoms with Crippen LogP contribution in [0.1, 0.15) is 17.3 Å². The Morgan fingerprint density at radius 2 is 2.00 bits per heavy atom. The number of nitrogens with zero attached hydrogens (tertiary/aromatic N) is 1. The van der Waals surface area contributed by atoms with Gasteiger partial charge in [-0.3, -0.25) is 4.79 Å². The van der Waals surface area contributed by atoms with Crippen molar-refractivity contribution in [3.05, 3.63) is 28.8 Å². The maximum absolute atomic E-state index is 11.9. The van der Waals surface area contributed by atoms with Crippen LogP contribution in [0.4, 0.5) is 5.69 Å². The Labute approximate surface area is 104 Å². The van der Waals surface area contributed by atoms with Gasteiger partial charge in [-0.25, -0.2) is 4.79 Å². The highest BCUT2D eigenvalue weighted by molar-refractivity contribution is 6.31. The number of hydrogen-bond acceptors (Lipinski definition) is 3. The first-order chi connectivity index (χ1) is 7.82. The molecule has 1 unspecified atom stereocenters. The summed E-state index contributed by atoms with van der Waals surface area (Å²) in [6.45, 7) is 1.42. The molecule has 6 heteroatoms. The summed E-state index contributed by atoms with van der Waals surface area (Å²) in [7, 11) is 1.41. The van der Waals surface area contributed by atoms with E-state index < -0.39 is 17.9 Å². The second kappa shape index (κ2) is 5.05. The van der Waals surface area contributed by atoms with Crippen LogP contribution in [0, 0.1) is 0 Å². The zero-order chi connectivity index (χ0) is 13.2. The highest BCUT2D eigenvalue weighted by Crippen LogP contribution is 2.18. The maximum atomic E-state index is 11.9. The van der Waals surface area contributed by atoms with Gasteiger partial charge in [0.05, 0.1) is 0 Å². The zero-order valence-electron chi connectivity index (χ0n) is 9.48. The number of aliphatic carboxylic acids is 1. The van der Waals surface area contributed by atoms with E-state index in [1.807, 2.05) is 0 Å². The number of carboxylic acid groups (broad SMARTS) is 1. The highest BCUT2D eigenvalue weighted by Gasteiger charge is 2.23. The number of hydrogen-bond donors (Lipinski definition) is 2. The van der Waals surface area contributed by atoms with Crippen LogP contribution in [-0.4, -0.2) is 35.0 Å². The topological polar surface area (TPSA) is 83.6 Å². The Morgan fingerprint density at radius 3 is 2.47 bits per heavy atom. The predicted molar refractivity (Wildman–Crippen MR) is 65.1 cm³/mol. The van der Waals surface area contributed by atoms with Gasteiger partial charge in [0.25, 0.3) is 5.91 Å². The molecular formula is C11H13ClN2O3. The average Bonchev–Trinajstić information content (AvgIpc) is 2.24. The van der Waals surface area contributed by atoms with Crippen LogP contribution in [0.15, 0.2) is 18.2 Å². The number of halogens is 1. The van der Waals surface area contributed by atoms with E-state index in [0.29, 0.717) is 10.7 Å². The standard InChI is InChI=1S/C11H13ClN2O3/c1-6(11(16)17)14(2)10(15)7-3-8(12)5-9(13)4-7/h3-6H,13H2,1-2H3,(H,16,17). The molecule has 1 atom stereocenters. The molecule has 1 rings (SSSR count). The van der Waals surface area contributed by atoms with Crippen LogP contribution < -0.4 is 5.73 Å². The number of rotatable bonds is 3. The van der Waals surface area contributed by atoms with Gasteiger partial charge in [-0.15, -0.1) is 0 Å². The van der Waals surface area contributed by atoms with E-state index in [0.717, 1.165) is 4.90 Å². The van der Waals surface area contributed by atoms with E-state index in [9.17, 15) is 9.59 Å². The molecule has 0 radical (unpaired) electrons. The first-order valence-electron chi connectivity index (χ1n) is 4.89. The number of carbonyl (C=O) groups excluding carboxylic acids is 1. The average molecular weight is 257 g/mol. The van der Waals surface area contributed by atoms with Crippen molar-refractivity contribution in [2.45, 2.75) is 13.0 Å². The van der Waals surface area contributed by atoms with Crippen molar-refractivity contribution in [1.29, 1.82) is 0 Å². The number of nitrogens with two attached hydrogens (primary N) is 1. The minimum atomic E-state index is -1.07. The Kier molecular flexibility index (Phi) is 3.96. The monoisotopic (exact) mass is 256 g/mol. The molecule has 0 aliphatic carbocycles. The quantitative estimate of drug-likeness (QED) is 0.802. The van der Waals surface area contributed by atoms with Crippen molar-refractivity contribution in [1.82, 2.24) is 4.90 Å². The van der Waals surface area contributed by atoms with Crippen LogP contribution in [0.2, 0.25) is 5.02 Å². The fraction of sp³-hybridized carbons (Fsp3) is 0.273. The molecular weight excluding hydrogens is 244 g/mol. The highest BCUT2D eigenvalue weighted by atomic mass is 35.5. The molecule has 1 aromatic carbocycles.